The molecular formula is C27H28O4. The van der Waals surface area contributed by atoms with Crippen molar-refractivity contribution in [1.29, 1.82) is 0 Å². The molecule has 0 saturated carbocycles. The Morgan fingerprint density at radius 1 is 0.613 bits per heavy atom. The number of hydrogen-bond acceptors (Lipinski definition) is 4. The van der Waals surface area contributed by atoms with E-state index in [0.717, 1.165) is 16.7 Å². The van der Waals surface area contributed by atoms with Crippen LogP contribution in [0.25, 0.3) is 0 Å². The molecule has 3 atom stereocenters. The van der Waals surface area contributed by atoms with E-state index >= 15 is 0 Å². The molecule has 4 heteroatoms. The molecule has 0 aromatic heterocycles. The lowest BCUT2D eigenvalue weighted by molar-refractivity contribution is -0.147. The molecule has 0 bridgehead atoms. The quantitative estimate of drug-likeness (QED) is 0.450. The minimum Gasteiger partial charge on any atom is -0.493 e. The van der Waals surface area contributed by atoms with Crippen molar-refractivity contribution in [2.75, 3.05) is 6.61 Å². The van der Waals surface area contributed by atoms with Gasteiger partial charge in [-0.2, -0.15) is 0 Å². The van der Waals surface area contributed by atoms with Gasteiger partial charge in [-0.3, -0.25) is 0 Å². The Kier molecular flexibility index (Phi) is 7.88. The van der Waals surface area contributed by atoms with Crippen LogP contribution < -0.4 is 0 Å². The van der Waals surface area contributed by atoms with Crippen LogP contribution in [0.2, 0.25) is 0 Å². The van der Waals surface area contributed by atoms with Crippen molar-refractivity contribution in [3.63, 3.8) is 0 Å². The van der Waals surface area contributed by atoms with Gasteiger partial charge in [-0.25, -0.2) is 0 Å². The maximum Gasteiger partial charge on any atom is 0.150 e. The Hall–Kier alpha value is -2.92. The van der Waals surface area contributed by atoms with E-state index < -0.39 is 0 Å². The van der Waals surface area contributed by atoms with Crippen molar-refractivity contribution < 1.29 is 18.9 Å². The number of hydrogen-bond donors (Lipinski definition) is 0. The van der Waals surface area contributed by atoms with Crippen molar-refractivity contribution in [2.45, 2.75) is 38.1 Å². The lowest BCUT2D eigenvalue weighted by atomic mass is 10.1. The van der Waals surface area contributed by atoms with Gasteiger partial charge in [0.1, 0.15) is 18.3 Å². The molecule has 0 aliphatic carbocycles. The maximum absolute atomic E-state index is 6.30. The molecule has 3 aromatic carbocycles. The molecule has 160 valence electrons. The van der Waals surface area contributed by atoms with E-state index in [-0.39, 0.29) is 18.3 Å². The summed E-state index contributed by atoms with van der Waals surface area (Å²) in [4.78, 5) is 0. The highest BCUT2D eigenvalue weighted by Gasteiger charge is 2.34. The van der Waals surface area contributed by atoms with Crippen LogP contribution in [0.5, 0.6) is 0 Å². The van der Waals surface area contributed by atoms with E-state index in [4.69, 9.17) is 18.9 Å². The molecule has 4 nitrogen and oxygen atoms in total. The van der Waals surface area contributed by atoms with Gasteiger partial charge in [0, 0.05) is 0 Å². The van der Waals surface area contributed by atoms with Crippen LogP contribution in [0.1, 0.15) is 16.7 Å². The molecule has 0 fully saturated rings. The lowest BCUT2D eigenvalue weighted by Gasteiger charge is -2.34. The van der Waals surface area contributed by atoms with Crippen molar-refractivity contribution in [1.82, 2.24) is 0 Å². The molecule has 1 unspecified atom stereocenters. The van der Waals surface area contributed by atoms with Gasteiger partial charge in [0.25, 0.3) is 0 Å². The zero-order valence-electron chi connectivity index (χ0n) is 17.5. The fourth-order valence-corrected chi connectivity index (χ4v) is 3.51. The molecule has 0 saturated heterocycles. The maximum atomic E-state index is 6.30. The van der Waals surface area contributed by atoms with E-state index in [9.17, 15) is 0 Å². The summed E-state index contributed by atoms with van der Waals surface area (Å²) < 4.78 is 24.4. The summed E-state index contributed by atoms with van der Waals surface area (Å²) >= 11 is 0. The van der Waals surface area contributed by atoms with Gasteiger partial charge in [-0.1, -0.05) is 91.0 Å². The Bertz CT molecular complexity index is 912. The van der Waals surface area contributed by atoms with Crippen molar-refractivity contribution in [3.8, 4) is 0 Å². The monoisotopic (exact) mass is 416 g/mol. The first-order valence-corrected chi connectivity index (χ1v) is 10.6. The van der Waals surface area contributed by atoms with Crippen molar-refractivity contribution >= 4 is 0 Å². The Labute approximate surface area is 184 Å². The van der Waals surface area contributed by atoms with Gasteiger partial charge in [0.2, 0.25) is 0 Å². The highest BCUT2D eigenvalue weighted by atomic mass is 16.6. The number of benzene rings is 3. The summed E-state index contributed by atoms with van der Waals surface area (Å²) in [5, 5.41) is 0. The van der Waals surface area contributed by atoms with Crippen LogP contribution >= 0.6 is 0 Å². The van der Waals surface area contributed by atoms with E-state index in [0.29, 0.717) is 26.4 Å². The Balaban J connectivity index is 1.39. The van der Waals surface area contributed by atoms with Crippen LogP contribution in [0.15, 0.2) is 103 Å². The van der Waals surface area contributed by atoms with E-state index in [1.165, 1.54) is 0 Å². The minimum atomic E-state index is -0.273. The molecule has 4 rings (SSSR count). The summed E-state index contributed by atoms with van der Waals surface area (Å²) in [6.07, 6.45) is 2.88. The topological polar surface area (TPSA) is 36.9 Å². The first-order valence-electron chi connectivity index (χ1n) is 10.6. The highest BCUT2D eigenvalue weighted by Crippen LogP contribution is 2.22. The molecule has 0 N–H and O–H groups in total. The zero-order chi connectivity index (χ0) is 21.1. The third-order valence-corrected chi connectivity index (χ3v) is 5.18. The first kappa shape index (κ1) is 21.3. The summed E-state index contributed by atoms with van der Waals surface area (Å²) in [6, 6.07) is 30.4. The third-order valence-electron chi connectivity index (χ3n) is 5.18. The van der Waals surface area contributed by atoms with E-state index in [1.54, 1.807) is 6.26 Å². The van der Waals surface area contributed by atoms with Gasteiger partial charge in [0.15, 0.2) is 0 Å². The summed E-state index contributed by atoms with van der Waals surface area (Å²) in [7, 11) is 0. The lowest BCUT2D eigenvalue weighted by Crippen LogP contribution is -2.45. The molecule has 0 spiro atoms. The van der Waals surface area contributed by atoms with Gasteiger partial charge >= 0.3 is 0 Å². The van der Waals surface area contributed by atoms with Gasteiger partial charge in [-0.15, -0.1) is 0 Å². The molecule has 1 aliphatic rings. The van der Waals surface area contributed by atoms with E-state index in [2.05, 4.69) is 36.4 Å². The average molecular weight is 417 g/mol. The van der Waals surface area contributed by atoms with Crippen molar-refractivity contribution in [2.24, 2.45) is 0 Å². The smallest absolute Gasteiger partial charge is 0.150 e. The largest absolute Gasteiger partial charge is 0.493 e. The van der Waals surface area contributed by atoms with Crippen LogP contribution in [-0.4, -0.2) is 24.9 Å². The van der Waals surface area contributed by atoms with Crippen LogP contribution in [0, 0.1) is 0 Å². The second-order valence-corrected chi connectivity index (χ2v) is 7.53. The molecule has 0 radical (unpaired) electrons. The van der Waals surface area contributed by atoms with Gasteiger partial charge in [-0.05, 0) is 22.8 Å². The van der Waals surface area contributed by atoms with E-state index in [1.807, 2.05) is 60.7 Å². The fraction of sp³-hybridized carbons (Fsp3) is 0.259. The van der Waals surface area contributed by atoms with Crippen molar-refractivity contribution in [3.05, 3.63) is 120 Å². The van der Waals surface area contributed by atoms with Crippen LogP contribution in [-0.2, 0) is 38.8 Å². The molecule has 1 aliphatic heterocycles. The highest BCUT2D eigenvalue weighted by molar-refractivity contribution is 5.15. The van der Waals surface area contributed by atoms with Gasteiger partial charge < -0.3 is 18.9 Å². The second-order valence-electron chi connectivity index (χ2n) is 7.53. The predicted molar refractivity (Wildman–Crippen MR) is 120 cm³/mol. The standard InChI is InChI=1S/C27H28O4/c1-4-10-22(11-5-1)18-28-21-26-27(31-20-24-14-8-3-9-15-24)25(16-17-29-26)30-19-23-12-6-2-7-13-23/h1-17,25-27H,18-21H2/t25-,26-,27?/m1/s1. The number of ether oxygens (including phenoxy) is 4. The first-order chi connectivity index (χ1) is 15.4. The Morgan fingerprint density at radius 3 is 1.71 bits per heavy atom. The molecule has 0 amide bonds. The second kappa shape index (κ2) is 11.5. The SMILES string of the molecule is C1=C[C@@H](OCc2ccccc2)C(OCc2ccccc2)[C@@H](COCc2ccccc2)O1. The molecule has 3 aromatic rings. The Morgan fingerprint density at radius 2 is 1.13 bits per heavy atom. The molecular weight excluding hydrogens is 388 g/mol. The van der Waals surface area contributed by atoms with Gasteiger partial charge in [0.05, 0.1) is 32.7 Å². The third kappa shape index (κ3) is 6.53. The minimum absolute atomic E-state index is 0.219. The molecule has 1 heterocycles. The predicted octanol–water partition coefficient (Wildman–Crippen LogP) is 5.29. The van der Waals surface area contributed by atoms with Crippen LogP contribution in [0.3, 0.4) is 0 Å². The average Bonchev–Trinajstić information content (AvgIpc) is 2.84. The summed E-state index contributed by atoms with van der Waals surface area (Å²) in [5.74, 6) is 0. The fourth-order valence-electron chi connectivity index (χ4n) is 3.51. The molecule has 31 heavy (non-hydrogen) atoms. The normalized spacial score (nSPS) is 20.3. The zero-order valence-corrected chi connectivity index (χ0v) is 17.5. The van der Waals surface area contributed by atoms with Crippen LogP contribution in [0.4, 0.5) is 0 Å². The summed E-state index contributed by atoms with van der Waals surface area (Å²) in [6.45, 7) is 1.96. The summed E-state index contributed by atoms with van der Waals surface area (Å²) in [5.41, 5.74) is 3.37. The number of rotatable bonds is 10.